The second-order valence-corrected chi connectivity index (χ2v) is 7.86. The van der Waals surface area contributed by atoms with Gasteiger partial charge in [-0.1, -0.05) is 58.4 Å². The molecule has 5 nitrogen and oxygen atoms in total. The summed E-state index contributed by atoms with van der Waals surface area (Å²) in [4.78, 5) is 27.8. The average molecular weight is 462 g/mol. The summed E-state index contributed by atoms with van der Waals surface area (Å²) in [6, 6.07) is 20.3. The molecule has 3 aromatic rings. The minimum Gasteiger partial charge on any atom is -0.454 e. The van der Waals surface area contributed by atoms with Gasteiger partial charge in [-0.3, -0.25) is 14.5 Å². The highest BCUT2D eigenvalue weighted by atomic mass is 79.9. The van der Waals surface area contributed by atoms with Crippen LogP contribution in [0.4, 0.5) is 0 Å². The molecular weight excluding hydrogens is 446 g/mol. The summed E-state index contributed by atoms with van der Waals surface area (Å²) in [5, 5.41) is 0. The number of carbonyl (C=O) groups excluding carboxylic acids is 2. The Balaban J connectivity index is 1.57. The number of ether oxygens (including phenoxy) is 2. The number of hydrogen-bond acceptors (Lipinski definition) is 4. The van der Waals surface area contributed by atoms with E-state index in [0.717, 1.165) is 15.6 Å². The van der Waals surface area contributed by atoms with Crippen molar-refractivity contribution in [2.75, 3.05) is 6.79 Å². The third-order valence-corrected chi connectivity index (χ3v) is 5.87. The van der Waals surface area contributed by atoms with E-state index >= 15 is 0 Å². The molecular formula is C24H16BrNO4. The molecule has 0 radical (unpaired) electrons. The highest BCUT2D eigenvalue weighted by molar-refractivity contribution is 9.10. The van der Waals surface area contributed by atoms with Crippen LogP contribution in [0, 0.1) is 0 Å². The number of imide groups is 1. The Morgan fingerprint density at radius 1 is 0.867 bits per heavy atom. The third kappa shape index (κ3) is 3.19. The van der Waals surface area contributed by atoms with Crippen LogP contribution in [-0.4, -0.2) is 23.5 Å². The first-order valence-electron chi connectivity index (χ1n) is 9.42. The minimum absolute atomic E-state index is 0.149. The van der Waals surface area contributed by atoms with Gasteiger partial charge in [-0.25, -0.2) is 0 Å². The molecule has 6 heteroatoms. The molecule has 2 heterocycles. The van der Waals surface area contributed by atoms with E-state index in [0.29, 0.717) is 28.2 Å². The van der Waals surface area contributed by atoms with Crippen molar-refractivity contribution in [3.8, 4) is 11.5 Å². The van der Waals surface area contributed by atoms with E-state index in [1.165, 1.54) is 4.90 Å². The summed E-state index contributed by atoms with van der Waals surface area (Å²) in [5.74, 6) is 0.647. The van der Waals surface area contributed by atoms with Gasteiger partial charge in [0.15, 0.2) is 11.5 Å². The number of benzene rings is 3. The second-order valence-electron chi connectivity index (χ2n) is 7.01. The smallest absolute Gasteiger partial charge is 0.261 e. The van der Waals surface area contributed by atoms with Crippen molar-refractivity contribution in [2.24, 2.45) is 0 Å². The van der Waals surface area contributed by atoms with E-state index < -0.39 is 0 Å². The van der Waals surface area contributed by atoms with Crippen LogP contribution < -0.4 is 9.47 Å². The highest BCUT2D eigenvalue weighted by Gasteiger charge is 2.35. The first kappa shape index (κ1) is 18.6. The zero-order valence-electron chi connectivity index (χ0n) is 15.8. The van der Waals surface area contributed by atoms with Crippen LogP contribution in [-0.2, 0) is 11.3 Å². The van der Waals surface area contributed by atoms with Gasteiger partial charge in [-0.05, 0) is 47.0 Å². The normalized spacial score (nSPS) is 16.2. The molecule has 2 amide bonds. The van der Waals surface area contributed by atoms with E-state index in [1.54, 1.807) is 24.3 Å². The number of fused-ring (bicyclic) bond motifs is 2. The molecule has 0 N–H and O–H groups in total. The molecule has 0 saturated heterocycles. The summed E-state index contributed by atoms with van der Waals surface area (Å²) < 4.78 is 11.6. The predicted molar refractivity (Wildman–Crippen MR) is 116 cm³/mol. The molecule has 148 valence electrons. The molecule has 3 aromatic carbocycles. The first-order chi connectivity index (χ1) is 14.6. The largest absolute Gasteiger partial charge is 0.454 e. The zero-order valence-corrected chi connectivity index (χ0v) is 17.4. The molecule has 2 aliphatic heterocycles. The van der Waals surface area contributed by atoms with Crippen LogP contribution in [0.5, 0.6) is 11.5 Å². The zero-order chi connectivity index (χ0) is 20.7. The Morgan fingerprint density at radius 3 is 2.43 bits per heavy atom. The lowest BCUT2D eigenvalue weighted by atomic mass is 9.91. The lowest BCUT2D eigenvalue weighted by molar-refractivity contribution is -0.123. The Bertz CT molecular complexity index is 1220. The van der Waals surface area contributed by atoms with Crippen LogP contribution in [0.3, 0.4) is 0 Å². The molecule has 0 unspecified atom stereocenters. The van der Waals surface area contributed by atoms with Crippen molar-refractivity contribution in [1.82, 2.24) is 4.90 Å². The summed E-state index contributed by atoms with van der Waals surface area (Å²) in [6.45, 7) is 0.322. The average Bonchev–Trinajstić information content (AvgIpc) is 3.23. The number of hydrogen-bond donors (Lipinski definition) is 0. The van der Waals surface area contributed by atoms with Crippen molar-refractivity contribution in [3.63, 3.8) is 0 Å². The fourth-order valence-electron chi connectivity index (χ4n) is 3.66. The lowest BCUT2D eigenvalue weighted by Crippen LogP contribution is -2.41. The van der Waals surface area contributed by atoms with Gasteiger partial charge in [-0.15, -0.1) is 0 Å². The maximum atomic E-state index is 13.4. The van der Waals surface area contributed by atoms with Crippen LogP contribution in [0.25, 0.3) is 11.6 Å². The summed E-state index contributed by atoms with van der Waals surface area (Å²) in [7, 11) is 0. The van der Waals surface area contributed by atoms with E-state index in [9.17, 15) is 9.59 Å². The van der Waals surface area contributed by atoms with Crippen LogP contribution in [0.1, 0.15) is 27.0 Å². The fraction of sp³-hybridized carbons (Fsp3) is 0.0833. The Morgan fingerprint density at radius 2 is 1.60 bits per heavy atom. The molecule has 5 rings (SSSR count). The monoisotopic (exact) mass is 461 g/mol. The van der Waals surface area contributed by atoms with Gasteiger partial charge in [0, 0.05) is 15.6 Å². The summed E-state index contributed by atoms with van der Waals surface area (Å²) >= 11 is 3.53. The van der Waals surface area contributed by atoms with E-state index in [4.69, 9.17) is 9.47 Å². The van der Waals surface area contributed by atoms with E-state index in [2.05, 4.69) is 15.9 Å². The highest BCUT2D eigenvalue weighted by Crippen LogP contribution is 2.35. The maximum Gasteiger partial charge on any atom is 0.261 e. The number of carbonyl (C=O) groups is 2. The van der Waals surface area contributed by atoms with Crippen molar-refractivity contribution in [3.05, 3.63) is 93.5 Å². The van der Waals surface area contributed by atoms with E-state index in [-0.39, 0.29) is 25.2 Å². The Kier molecular flexibility index (Phi) is 4.64. The second kappa shape index (κ2) is 7.46. The topological polar surface area (TPSA) is 55.8 Å². The minimum atomic E-state index is -0.327. The standard InChI is InChI=1S/C24H16BrNO4/c25-20-8-4-1-5-16(20)12-19-17-6-2-3-7-18(17)23(27)26(24(19)28)13-15-9-10-21-22(11-15)30-14-29-21/h1-12H,13-14H2/b19-12+. The molecule has 0 spiro atoms. The first-order valence-corrected chi connectivity index (χ1v) is 10.2. The van der Waals surface area contributed by atoms with Gasteiger partial charge in [0.25, 0.3) is 11.8 Å². The molecule has 0 aromatic heterocycles. The molecule has 2 aliphatic rings. The Hall–Kier alpha value is -3.38. The van der Waals surface area contributed by atoms with E-state index in [1.807, 2.05) is 48.5 Å². The van der Waals surface area contributed by atoms with Crippen molar-refractivity contribution in [2.45, 2.75) is 6.54 Å². The van der Waals surface area contributed by atoms with Crippen molar-refractivity contribution >= 4 is 39.4 Å². The van der Waals surface area contributed by atoms with Gasteiger partial charge in [0.2, 0.25) is 6.79 Å². The quantitative estimate of drug-likeness (QED) is 0.411. The number of rotatable bonds is 3. The SMILES string of the molecule is O=C1/C(=C/c2ccccc2Br)c2ccccc2C(=O)N1Cc1ccc2c(c1)OCO2. The van der Waals surface area contributed by atoms with Gasteiger partial charge >= 0.3 is 0 Å². The molecule has 0 bridgehead atoms. The number of halogens is 1. The molecule has 0 atom stereocenters. The van der Waals surface area contributed by atoms with Gasteiger partial charge < -0.3 is 9.47 Å². The van der Waals surface area contributed by atoms with Gasteiger partial charge in [-0.2, -0.15) is 0 Å². The third-order valence-electron chi connectivity index (χ3n) is 5.15. The molecule has 0 fully saturated rings. The number of nitrogens with zero attached hydrogens (tertiary/aromatic N) is 1. The van der Waals surface area contributed by atoms with Gasteiger partial charge in [0.05, 0.1) is 6.54 Å². The van der Waals surface area contributed by atoms with Crippen LogP contribution in [0.15, 0.2) is 71.2 Å². The molecule has 0 aliphatic carbocycles. The van der Waals surface area contributed by atoms with Crippen LogP contribution >= 0.6 is 15.9 Å². The predicted octanol–water partition coefficient (Wildman–Crippen LogP) is 4.90. The fourth-order valence-corrected chi connectivity index (χ4v) is 4.05. The summed E-state index contributed by atoms with van der Waals surface area (Å²) in [5.41, 5.74) is 3.30. The number of amides is 2. The maximum absolute atomic E-state index is 13.4. The Labute approximate surface area is 181 Å². The van der Waals surface area contributed by atoms with Crippen molar-refractivity contribution in [1.29, 1.82) is 0 Å². The van der Waals surface area contributed by atoms with Gasteiger partial charge in [0.1, 0.15) is 0 Å². The summed E-state index contributed by atoms with van der Waals surface area (Å²) in [6.07, 6.45) is 1.82. The van der Waals surface area contributed by atoms with Crippen molar-refractivity contribution < 1.29 is 19.1 Å². The molecule has 0 saturated carbocycles. The van der Waals surface area contributed by atoms with Crippen LogP contribution in [0.2, 0.25) is 0 Å². The lowest BCUT2D eigenvalue weighted by Gasteiger charge is -2.29. The molecule has 30 heavy (non-hydrogen) atoms.